The van der Waals surface area contributed by atoms with Crippen molar-refractivity contribution >= 4 is 23.1 Å². The molecular weight excluding hydrogens is 244 g/mol. The number of hydrogen-bond donors (Lipinski definition) is 3. The van der Waals surface area contributed by atoms with Crippen LogP contribution < -0.4 is 11.1 Å². The van der Waals surface area contributed by atoms with Gasteiger partial charge in [-0.2, -0.15) is 0 Å². The summed E-state index contributed by atoms with van der Waals surface area (Å²) >= 11 is 5.77. The molecule has 1 aliphatic rings. The van der Waals surface area contributed by atoms with Gasteiger partial charge >= 0.3 is 0 Å². The van der Waals surface area contributed by atoms with Gasteiger partial charge in [0.1, 0.15) is 12.0 Å². The molecule has 0 amide bonds. The van der Waals surface area contributed by atoms with E-state index in [-0.39, 0.29) is 5.15 Å². The van der Waals surface area contributed by atoms with Crippen LogP contribution in [0.1, 0.15) is 12.8 Å². The molecule has 2 rings (SSSR count). The van der Waals surface area contributed by atoms with Crippen molar-refractivity contribution in [1.29, 1.82) is 0 Å². The molecule has 1 saturated heterocycles. The summed E-state index contributed by atoms with van der Waals surface area (Å²) < 4.78 is 5.20. The van der Waals surface area contributed by atoms with Gasteiger partial charge in [-0.15, -0.1) is 0 Å². The molecule has 1 aliphatic heterocycles. The normalized spacial score (nSPS) is 18.9. The lowest BCUT2D eigenvalue weighted by Gasteiger charge is -2.32. The Hall–Kier alpha value is -1.11. The number of nitrogen functional groups attached to an aromatic ring is 1. The van der Waals surface area contributed by atoms with Gasteiger partial charge in [0.2, 0.25) is 0 Å². The maximum atomic E-state index is 10.2. The molecule has 1 aromatic heterocycles. The fourth-order valence-electron chi connectivity index (χ4n) is 1.69. The molecule has 1 fully saturated rings. The Bertz CT molecular complexity index is 396. The maximum absolute atomic E-state index is 10.2. The lowest BCUT2D eigenvalue weighted by Crippen LogP contribution is -2.42. The zero-order chi connectivity index (χ0) is 12.3. The Labute approximate surface area is 104 Å². The van der Waals surface area contributed by atoms with E-state index >= 15 is 0 Å². The first-order valence-electron chi connectivity index (χ1n) is 5.41. The van der Waals surface area contributed by atoms with E-state index in [0.29, 0.717) is 44.1 Å². The molecule has 6 nitrogen and oxygen atoms in total. The van der Waals surface area contributed by atoms with Crippen molar-refractivity contribution in [2.45, 2.75) is 18.4 Å². The van der Waals surface area contributed by atoms with Crippen LogP contribution in [0.3, 0.4) is 0 Å². The van der Waals surface area contributed by atoms with Crippen LogP contribution in [0, 0.1) is 0 Å². The van der Waals surface area contributed by atoms with Crippen molar-refractivity contribution in [2.75, 3.05) is 30.8 Å². The molecule has 0 aliphatic carbocycles. The van der Waals surface area contributed by atoms with Gasteiger partial charge < -0.3 is 20.9 Å². The topological polar surface area (TPSA) is 93.3 Å². The first-order valence-corrected chi connectivity index (χ1v) is 5.78. The second-order valence-corrected chi connectivity index (χ2v) is 4.48. The number of rotatable bonds is 3. The molecule has 0 atom stereocenters. The number of aliphatic hydroxyl groups is 1. The molecule has 1 aromatic rings. The van der Waals surface area contributed by atoms with Crippen LogP contribution >= 0.6 is 11.6 Å². The second kappa shape index (κ2) is 5.03. The quantitative estimate of drug-likeness (QED) is 0.690. The van der Waals surface area contributed by atoms with Crippen molar-refractivity contribution in [3.63, 3.8) is 0 Å². The molecule has 0 aromatic carbocycles. The minimum atomic E-state index is -0.776. The van der Waals surface area contributed by atoms with Gasteiger partial charge in [0.05, 0.1) is 5.60 Å². The first kappa shape index (κ1) is 12.3. The van der Waals surface area contributed by atoms with Crippen LogP contribution in [0.25, 0.3) is 0 Å². The van der Waals surface area contributed by atoms with E-state index in [1.165, 1.54) is 6.33 Å². The third-order valence-corrected chi connectivity index (χ3v) is 3.14. The van der Waals surface area contributed by atoms with E-state index in [0.717, 1.165) is 0 Å². The highest BCUT2D eigenvalue weighted by Crippen LogP contribution is 2.25. The Balaban J connectivity index is 1.99. The largest absolute Gasteiger partial charge is 0.393 e. The summed E-state index contributed by atoms with van der Waals surface area (Å²) in [5.74, 6) is 0.449. The van der Waals surface area contributed by atoms with Crippen LogP contribution in [0.5, 0.6) is 0 Å². The third kappa shape index (κ3) is 2.96. The molecule has 0 bridgehead atoms. The summed E-state index contributed by atoms with van der Waals surface area (Å²) in [7, 11) is 0. The highest BCUT2D eigenvalue weighted by Gasteiger charge is 2.29. The van der Waals surface area contributed by atoms with Crippen LogP contribution in [-0.2, 0) is 4.74 Å². The molecule has 4 N–H and O–H groups in total. The highest BCUT2D eigenvalue weighted by molar-refractivity contribution is 6.32. The number of nitrogens with two attached hydrogens (primary N) is 1. The van der Waals surface area contributed by atoms with Crippen molar-refractivity contribution in [3.8, 4) is 0 Å². The minimum Gasteiger partial charge on any atom is -0.393 e. The van der Waals surface area contributed by atoms with Gasteiger partial charge in [0.25, 0.3) is 0 Å². The number of hydrogen-bond acceptors (Lipinski definition) is 6. The van der Waals surface area contributed by atoms with Crippen LogP contribution in [0.2, 0.25) is 5.15 Å². The summed E-state index contributed by atoms with van der Waals surface area (Å²) in [4.78, 5) is 7.74. The summed E-state index contributed by atoms with van der Waals surface area (Å²) in [6.07, 6.45) is 2.52. The van der Waals surface area contributed by atoms with Gasteiger partial charge in [0.15, 0.2) is 11.0 Å². The van der Waals surface area contributed by atoms with E-state index in [1.54, 1.807) is 0 Å². The summed E-state index contributed by atoms with van der Waals surface area (Å²) in [6, 6.07) is 0. The fraction of sp³-hybridized carbons (Fsp3) is 0.600. The van der Waals surface area contributed by atoms with E-state index in [4.69, 9.17) is 22.1 Å². The summed E-state index contributed by atoms with van der Waals surface area (Å²) in [5.41, 5.74) is 5.24. The van der Waals surface area contributed by atoms with Crippen molar-refractivity contribution in [2.24, 2.45) is 0 Å². The average Bonchev–Trinajstić information content (AvgIpc) is 2.32. The second-order valence-electron chi connectivity index (χ2n) is 4.12. The van der Waals surface area contributed by atoms with Crippen LogP contribution in [0.4, 0.5) is 11.5 Å². The van der Waals surface area contributed by atoms with Gasteiger partial charge in [-0.25, -0.2) is 9.97 Å². The minimum absolute atomic E-state index is 0.210. The SMILES string of the molecule is Nc1c(Cl)ncnc1NCC1(O)CCOCC1. The fourth-order valence-corrected chi connectivity index (χ4v) is 1.82. The van der Waals surface area contributed by atoms with E-state index in [1.807, 2.05) is 0 Å². The summed E-state index contributed by atoms with van der Waals surface area (Å²) in [5, 5.41) is 13.4. The zero-order valence-corrected chi connectivity index (χ0v) is 10.1. The molecule has 7 heteroatoms. The molecule has 2 heterocycles. The van der Waals surface area contributed by atoms with E-state index in [2.05, 4.69) is 15.3 Å². The van der Waals surface area contributed by atoms with E-state index in [9.17, 15) is 5.11 Å². The lowest BCUT2D eigenvalue weighted by atomic mass is 9.94. The van der Waals surface area contributed by atoms with Crippen LogP contribution in [-0.4, -0.2) is 40.4 Å². The van der Waals surface area contributed by atoms with Gasteiger partial charge in [-0.1, -0.05) is 11.6 Å². The van der Waals surface area contributed by atoms with E-state index < -0.39 is 5.60 Å². The highest BCUT2D eigenvalue weighted by atomic mass is 35.5. The maximum Gasteiger partial charge on any atom is 0.157 e. The zero-order valence-electron chi connectivity index (χ0n) is 9.32. The van der Waals surface area contributed by atoms with Gasteiger partial charge in [-0.05, 0) is 0 Å². The molecule has 0 spiro atoms. The average molecular weight is 259 g/mol. The number of nitrogens with one attached hydrogen (secondary N) is 1. The molecular formula is C10H15ClN4O2. The Morgan fingerprint density at radius 2 is 2.18 bits per heavy atom. The third-order valence-electron chi connectivity index (χ3n) is 2.84. The molecule has 94 valence electrons. The number of anilines is 2. The monoisotopic (exact) mass is 258 g/mol. The number of aromatic nitrogens is 2. The molecule has 17 heavy (non-hydrogen) atoms. The standard InChI is InChI=1S/C10H15ClN4O2/c11-8-7(12)9(15-6-14-8)13-5-10(16)1-3-17-4-2-10/h6,16H,1-5,12H2,(H,13,14,15). The first-order chi connectivity index (χ1) is 8.11. The summed E-state index contributed by atoms with van der Waals surface area (Å²) in [6.45, 7) is 1.50. The molecule has 0 radical (unpaired) electrons. The number of ether oxygens (including phenoxy) is 1. The van der Waals surface area contributed by atoms with Gasteiger partial charge in [0, 0.05) is 32.6 Å². The number of halogens is 1. The smallest absolute Gasteiger partial charge is 0.157 e. The number of nitrogens with zero attached hydrogens (tertiary/aromatic N) is 2. The van der Waals surface area contributed by atoms with Crippen molar-refractivity contribution in [1.82, 2.24) is 9.97 Å². The van der Waals surface area contributed by atoms with Gasteiger partial charge in [-0.3, -0.25) is 0 Å². The van der Waals surface area contributed by atoms with Crippen molar-refractivity contribution in [3.05, 3.63) is 11.5 Å². The Kier molecular flexibility index (Phi) is 3.66. The Morgan fingerprint density at radius 3 is 2.88 bits per heavy atom. The predicted octanol–water partition coefficient (Wildman–Crippen LogP) is 0.666. The van der Waals surface area contributed by atoms with Crippen LogP contribution in [0.15, 0.2) is 6.33 Å². The Morgan fingerprint density at radius 1 is 1.47 bits per heavy atom. The van der Waals surface area contributed by atoms with Crippen molar-refractivity contribution < 1.29 is 9.84 Å². The predicted molar refractivity (Wildman–Crippen MR) is 64.9 cm³/mol. The lowest BCUT2D eigenvalue weighted by molar-refractivity contribution is -0.0543. The molecule has 0 unspecified atom stereocenters. The molecule has 0 saturated carbocycles.